The number of thioether (sulfide) groups is 1. The second-order valence-electron chi connectivity index (χ2n) is 6.40. The van der Waals surface area contributed by atoms with Gasteiger partial charge in [0.1, 0.15) is 5.75 Å². The van der Waals surface area contributed by atoms with Gasteiger partial charge >= 0.3 is 0 Å². The van der Waals surface area contributed by atoms with Gasteiger partial charge in [-0.05, 0) is 61.5 Å². The Morgan fingerprint density at radius 3 is 2.81 bits per heavy atom. The zero-order valence-corrected chi connectivity index (χ0v) is 14.0. The van der Waals surface area contributed by atoms with Crippen LogP contribution in [0.5, 0.6) is 5.75 Å². The molecular weight excluding hydrogens is 278 g/mol. The van der Waals surface area contributed by atoms with E-state index in [1.807, 2.05) is 6.07 Å². The highest BCUT2D eigenvalue weighted by molar-refractivity contribution is 7.99. The molecule has 2 unspecified atom stereocenters. The fourth-order valence-electron chi connectivity index (χ4n) is 3.73. The predicted octanol–water partition coefficient (Wildman–Crippen LogP) is 4.21. The van der Waals surface area contributed by atoms with Gasteiger partial charge in [0.15, 0.2) is 0 Å². The number of hydrogen-bond donors (Lipinski definition) is 1. The molecule has 0 saturated heterocycles. The van der Waals surface area contributed by atoms with Crippen molar-refractivity contribution in [3.63, 3.8) is 0 Å². The summed E-state index contributed by atoms with van der Waals surface area (Å²) in [5.74, 6) is 2.97. The Bertz CT molecular complexity index is 458. The van der Waals surface area contributed by atoms with Crippen molar-refractivity contribution < 1.29 is 4.74 Å². The third-order valence-electron chi connectivity index (χ3n) is 4.96. The molecule has 2 aliphatic rings. The molecule has 2 saturated carbocycles. The van der Waals surface area contributed by atoms with Crippen LogP contribution in [-0.2, 0) is 0 Å². The number of methoxy groups -OCH3 is 1. The van der Waals surface area contributed by atoms with Crippen molar-refractivity contribution in [1.29, 1.82) is 0 Å². The van der Waals surface area contributed by atoms with Gasteiger partial charge in [-0.15, -0.1) is 0 Å². The quantitative estimate of drug-likeness (QED) is 0.851. The van der Waals surface area contributed by atoms with Crippen molar-refractivity contribution in [2.75, 3.05) is 12.9 Å². The number of benzene rings is 1. The van der Waals surface area contributed by atoms with Crippen LogP contribution in [0, 0.1) is 0 Å². The lowest BCUT2D eigenvalue weighted by Gasteiger charge is -2.38. The van der Waals surface area contributed by atoms with Gasteiger partial charge in [0.25, 0.3) is 0 Å². The number of ether oxygens (including phenoxy) is 1. The minimum Gasteiger partial charge on any atom is -0.497 e. The van der Waals surface area contributed by atoms with E-state index in [-0.39, 0.29) is 0 Å². The minimum absolute atomic E-state index is 0.722. The maximum absolute atomic E-state index is 5.32. The zero-order chi connectivity index (χ0) is 14.7. The molecule has 1 aromatic carbocycles. The topological polar surface area (TPSA) is 21.3 Å². The van der Waals surface area contributed by atoms with Crippen molar-refractivity contribution in [3.05, 3.63) is 29.8 Å². The number of nitrogens with one attached hydrogen (secondary N) is 1. The van der Waals surface area contributed by atoms with Gasteiger partial charge in [-0.2, -0.15) is 11.8 Å². The van der Waals surface area contributed by atoms with Crippen LogP contribution < -0.4 is 10.1 Å². The summed E-state index contributed by atoms with van der Waals surface area (Å²) >= 11 is 2.14. The second-order valence-corrected chi connectivity index (χ2v) is 7.97. The molecule has 1 N–H and O–H groups in total. The molecule has 2 fully saturated rings. The van der Waals surface area contributed by atoms with Gasteiger partial charge in [0.2, 0.25) is 0 Å². The van der Waals surface area contributed by atoms with Crippen LogP contribution in [-0.4, -0.2) is 30.2 Å². The van der Waals surface area contributed by atoms with Crippen LogP contribution >= 0.6 is 11.8 Å². The molecule has 0 heterocycles. The molecule has 0 bridgehead atoms. The van der Waals surface area contributed by atoms with Crippen LogP contribution in [0.1, 0.15) is 50.5 Å². The van der Waals surface area contributed by atoms with E-state index in [2.05, 4.69) is 42.2 Å². The monoisotopic (exact) mass is 305 g/mol. The van der Waals surface area contributed by atoms with Crippen LogP contribution in [0.3, 0.4) is 0 Å². The molecule has 2 aliphatic carbocycles. The number of hydrogen-bond acceptors (Lipinski definition) is 3. The van der Waals surface area contributed by atoms with Crippen LogP contribution in [0.2, 0.25) is 0 Å². The van der Waals surface area contributed by atoms with Crippen molar-refractivity contribution in [2.24, 2.45) is 0 Å². The van der Waals surface area contributed by atoms with Crippen LogP contribution in [0.15, 0.2) is 24.3 Å². The highest BCUT2D eigenvalue weighted by atomic mass is 32.2. The summed E-state index contributed by atoms with van der Waals surface area (Å²) < 4.78 is 5.32. The molecule has 116 valence electrons. The van der Waals surface area contributed by atoms with Crippen LogP contribution in [0.25, 0.3) is 0 Å². The smallest absolute Gasteiger partial charge is 0.119 e. The van der Waals surface area contributed by atoms with E-state index in [0.29, 0.717) is 0 Å². The summed E-state index contributed by atoms with van der Waals surface area (Å²) in [5, 5.41) is 4.79. The first-order valence-electron chi connectivity index (χ1n) is 8.30. The molecule has 1 aromatic rings. The van der Waals surface area contributed by atoms with Crippen LogP contribution in [0.4, 0.5) is 0 Å². The standard InChI is InChI=1S/C18H27NOS/c1-3-21-18-8-7-15(12-18)19-16-9-14(10-16)13-5-4-6-17(11-13)20-2/h4-6,11,14-16,18-19H,3,7-10,12H2,1-2H3. The highest BCUT2D eigenvalue weighted by Gasteiger charge is 2.34. The first kappa shape index (κ1) is 15.2. The van der Waals surface area contributed by atoms with Crippen molar-refractivity contribution in [2.45, 2.75) is 62.3 Å². The molecule has 0 amide bonds. The first-order valence-corrected chi connectivity index (χ1v) is 9.35. The third kappa shape index (κ3) is 3.75. The summed E-state index contributed by atoms with van der Waals surface area (Å²) in [5.41, 5.74) is 1.44. The lowest BCUT2D eigenvalue weighted by atomic mass is 9.75. The van der Waals surface area contributed by atoms with Gasteiger partial charge in [0.05, 0.1) is 7.11 Å². The normalized spacial score (nSPS) is 31.9. The first-order chi connectivity index (χ1) is 10.3. The van der Waals surface area contributed by atoms with Gasteiger partial charge in [-0.25, -0.2) is 0 Å². The lowest BCUT2D eigenvalue weighted by Crippen LogP contribution is -2.44. The fraction of sp³-hybridized carbons (Fsp3) is 0.667. The highest BCUT2D eigenvalue weighted by Crippen LogP contribution is 2.39. The van der Waals surface area contributed by atoms with Crippen molar-refractivity contribution in [1.82, 2.24) is 5.32 Å². The van der Waals surface area contributed by atoms with E-state index in [4.69, 9.17) is 4.74 Å². The summed E-state index contributed by atoms with van der Waals surface area (Å²) in [6.45, 7) is 2.27. The second kappa shape index (κ2) is 7.06. The molecular formula is C18H27NOS. The Kier molecular flexibility index (Phi) is 5.12. The summed E-state index contributed by atoms with van der Waals surface area (Å²) in [4.78, 5) is 0. The zero-order valence-electron chi connectivity index (χ0n) is 13.2. The van der Waals surface area contributed by atoms with E-state index >= 15 is 0 Å². The van der Waals surface area contributed by atoms with E-state index in [0.717, 1.165) is 29.0 Å². The van der Waals surface area contributed by atoms with Gasteiger partial charge in [0, 0.05) is 17.3 Å². The lowest BCUT2D eigenvalue weighted by molar-refractivity contribution is 0.264. The fourth-order valence-corrected chi connectivity index (χ4v) is 4.88. The molecule has 0 aromatic heterocycles. The molecule has 21 heavy (non-hydrogen) atoms. The van der Waals surface area contributed by atoms with E-state index in [9.17, 15) is 0 Å². The predicted molar refractivity (Wildman–Crippen MR) is 91.5 cm³/mol. The number of rotatable bonds is 6. The van der Waals surface area contributed by atoms with Gasteiger partial charge < -0.3 is 10.1 Å². The molecule has 0 aliphatic heterocycles. The summed E-state index contributed by atoms with van der Waals surface area (Å²) in [6, 6.07) is 10.1. The third-order valence-corrected chi connectivity index (χ3v) is 6.19. The average molecular weight is 305 g/mol. The van der Waals surface area contributed by atoms with E-state index in [1.54, 1.807) is 7.11 Å². The summed E-state index contributed by atoms with van der Waals surface area (Å²) in [6.07, 6.45) is 6.73. The minimum atomic E-state index is 0.722. The maximum atomic E-state index is 5.32. The molecule has 3 heteroatoms. The Hall–Kier alpha value is -0.670. The Balaban J connectivity index is 1.43. The average Bonchev–Trinajstić information content (AvgIpc) is 2.90. The molecule has 3 rings (SSSR count). The molecule has 0 spiro atoms. The van der Waals surface area contributed by atoms with Gasteiger partial charge in [-0.3, -0.25) is 0 Å². The maximum Gasteiger partial charge on any atom is 0.119 e. The van der Waals surface area contributed by atoms with E-state index < -0.39 is 0 Å². The van der Waals surface area contributed by atoms with Crippen molar-refractivity contribution in [3.8, 4) is 5.75 Å². The largest absolute Gasteiger partial charge is 0.497 e. The Morgan fingerprint density at radius 2 is 2.05 bits per heavy atom. The molecule has 2 nitrogen and oxygen atoms in total. The van der Waals surface area contributed by atoms with Gasteiger partial charge in [-0.1, -0.05) is 19.1 Å². The van der Waals surface area contributed by atoms with E-state index in [1.165, 1.54) is 43.4 Å². The Labute approximate surface area is 133 Å². The summed E-state index contributed by atoms with van der Waals surface area (Å²) in [7, 11) is 1.75. The molecule has 2 atom stereocenters. The van der Waals surface area contributed by atoms with Crippen molar-refractivity contribution >= 4 is 11.8 Å². The Morgan fingerprint density at radius 1 is 1.19 bits per heavy atom. The SMILES string of the molecule is CCSC1CCC(NC2CC(c3cccc(OC)c3)C2)C1. The molecule has 0 radical (unpaired) electrons.